The highest BCUT2D eigenvalue weighted by Crippen LogP contribution is 2.46. The third kappa shape index (κ3) is 4.04. The summed E-state index contributed by atoms with van der Waals surface area (Å²) in [5.41, 5.74) is 1.43. The summed E-state index contributed by atoms with van der Waals surface area (Å²) >= 11 is 0. The van der Waals surface area contributed by atoms with E-state index >= 15 is 0 Å². The molecule has 1 heterocycles. The highest BCUT2D eigenvalue weighted by molar-refractivity contribution is 7.93. The molecular weight excluding hydrogens is 366 g/mol. The van der Waals surface area contributed by atoms with Crippen LogP contribution in [0, 0.1) is 5.92 Å². The summed E-state index contributed by atoms with van der Waals surface area (Å²) in [5, 5.41) is 0. The molecule has 28 heavy (non-hydrogen) atoms. The Morgan fingerprint density at radius 3 is 2.29 bits per heavy atom. The molecule has 0 spiro atoms. The zero-order valence-electron chi connectivity index (χ0n) is 16.6. The van der Waals surface area contributed by atoms with Crippen LogP contribution in [-0.4, -0.2) is 37.7 Å². The summed E-state index contributed by atoms with van der Waals surface area (Å²) in [5.74, 6) is 0.730. The average molecular weight is 398 g/mol. The zero-order chi connectivity index (χ0) is 19.5. The number of nitrogens with zero attached hydrogens (tertiary/aromatic N) is 1. The van der Waals surface area contributed by atoms with Crippen molar-refractivity contribution in [3.63, 3.8) is 0 Å². The molecule has 0 amide bonds. The molecule has 2 aliphatic rings. The quantitative estimate of drug-likeness (QED) is 0.646. The third-order valence-corrected chi connectivity index (χ3v) is 9.38. The maximum absolute atomic E-state index is 13.2. The summed E-state index contributed by atoms with van der Waals surface area (Å²) in [7, 11) is -3.23. The monoisotopic (exact) mass is 397 g/mol. The number of hydrogen-bond donors (Lipinski definition) is 0. The Morgan fingerprint density at radius 1 is 0.964 bits per heavy atom. The first-order valence-electron chi connectivity index (χ1n) is 10.7. The molecule has 4 rings (SSSR count). The lowest BCUT2D eigenvalue weighted by molar-refractivity contribution is 0.270. The summed E-state index contributed by atoms with van der Waals surface area (Å²) < 4.78 is 25.9. The van der Waals surface area contributed by atoms with Gasteiger partial charge in [0.05, 0.1) is 9.64 Å². The Balaban J connectivity index is 1.30. The normalized spacial score (nSPS) is 22.1. The third-order valence-electron chi connectivity index (χ3n) is 6.73. The van der Waals surface area contributed by atoms with Crippen molar-refractivity contribution in [3.05, 3.63) is 66.2 Å². The first-order valence-corrected chi connectivity index (χ1v) is 12.1. The zero-order valence-corrected chi connectivity index (χ0v) is 17.4. The molecule has 0 bridgehead atoms. The van der Waals surface area contributed by atoms with E-state index in [0.29, 0.717) is 4.90 Å². The van der Waals surface area contributed by atoms with E-state index in [4.69, 9.17) is 0 Å². The first kappa shape index (κ1) is 19.7. The Kier molecular flexibility index (Phi) is 5.88. The lowest BCUT2D eigenvalue weighted by Crippen LogP contribution is -2.45. The van der Waals surface area contributed by atoms with Crippen molar-refractivity contribution in [2.24, 2.45) is 5.92 Å². The van der Waals surface area contributed by atoms with Gasteiger partial charge in [-0.2, -0.15) is 0 Å². The van der Waals surface area contributed by atoms with Crippen LogP contribution in [0.25, 0.3) is 0 Å². The second-order valence-corrected chi connectivity index (χ2v) is 10.9. The van der Waals surface area contributed by atoms with Gasteiger partial charge < -0.3 is 4.90 Å². The number of sulfone groups is 1. The van der Waals surface area contributed by atoms with Gasteiger partial charge in [-0.1, -0.05) is 55.0 Å². The molecule has 1 aliphatic carbocycles. The predicted molar refractivity (Wildman–Crippen MR) is 114 cm³/mol. The molecule has 0 radical (unpaired) electrons. The van der Waals surface area contributed by atoms with Crippen LogP contribution in [0.15, 0.2) is 65.6 Å². The molecule has 1 atom stereocenters. The van der Waals surface area contributed by atoms with E-state index < -0.39 is 14.6 Å². The molecule has 0 aromatic heterocycles. The first-order chi connectivity index (χ1) is 13.6. The van der Waals surface area contributed by atoms with Crippen LogP contribution in [0.3, 0.4) is 0 Å². The number of hydrogen-bond acceptors (Lipinski definition) is 3. The minimum Gasteiger partial charge on any atom is -0.303 e. The molecule has 150 valence electrons. The molecule has 2 aromatic rings. The van der Waals surface area contributed by atoms with Gasteiger partial charge in [-0.25, -0.2) is 8.42 Å². The number of rotatable bonds is 8. The van der Waals surface area contributed by atoms with Gasteiger partial charge in [0.1, 0.15) is 0 Å². The lowest BCUT2D eigenvalue weighted by atomic mass is 9.81. The van der Waals surface area contributed by atoms with Crippen molar-refractivity contribution in [1.29, 1.82) is 0 Å². The summed E-state index contributed by atoms with van der Waals surface area (Å²) in [6, 6.07) is 19.8. The van der Waals surface area contributed by atoms with E-state index in [2.05, 4.69) is 35.2 Å². The van der Waals surface area contributed by atoms with Gasteiger partial charge in [-0.05, 0) is 75.2 Å². The van der Waals surface area contributed by atoms with Crippen LogP contribution in [0.5, 0.6) is 0 Å². The van der Waals surface area contributed by atoms with Crippen molar-refractivity contribution < 1.29 is 8.42 Å². The van der Waals surface area contributed by atoms with Gasteiger partial charge in [-0.3, -0.25) is 0 Å². The van der Waals surface area contributed by atoms with Gasteiger partial charge in [0.15, 0.2) is 9.84 Å². The Labute approximate surface area is 169 Å². The summed E-state index contributed by atoms with van der Waals surface area (Å²) in [6.07, 6.45) is 6.86. The van der Waals surface area contributed by atoms with Gasteiger partial charge >= 0.3 is 0 Å². The molecule has 4 heteroatoms. The van der Waals surface area contributed by atoms with Crippen LogP contribution >= 0.6 is 0 Å². The van der Waals surface area contributed by atoms with Crippen molar-refractivity contribution in [2.45, 2.75) is 54.6 Å². The topological polar surface area (TPSA) is 37.4 Å². The molecule has 2 aromatic carbocycles. The highest BCUT2D eigenvalue weighted by atomic mass is 32.2. The van der Waals surface area contributed by atoms with E-state index in [1.54, 1.807) is 12.1 Å². The number of benzene rings is 2. The van der Waals surface area contributed by atoms with E-state index in [-0.39, 0.29) is 0 Å². The Morgan fingerprint density at radius 2 is 1.64 bits per heavy atom. The molecule has 3 nitrogen and oxygen atoms in total. The lowest BCUT2D eigenvalue weighted by Gasteiger charge is -2.41. The Bertz CT molecular complexity index is 860. The smallest absolute Gasteiger partial charge is 0.184 e. The van der Waals surface area contributed by atoms with Crippen LogP contribution in [0.1, 0.15) is 44.1 Å². The molecule has 1 unspecified atom stereocenters. The van der Waals surface area contributed by atoms with E-state index in [1.165, 1.54) is 12.0 Å². The second-order valence-electron chi connectivity index (χ2n) is 8.60. The minimum atomic E-state index is -3.23. The van der Waals surface area contributed by atoms with Crippen LogP contribution in [-0.2, 0) is 16.3 Å². The van der Waals surface area contributed by atoms with Gasteiger partial charge in [0.2, 0.25) is 0 Å². The van der Waals surface area contributed by atoms with E-state index in [9.17, 15) is 8.42 Å². The Hall–Kier alpha value is -1.65. The van der Waals surface area contributed by atoms with E-state index in [1.807, 2.05) is 18.2 Å². The van der Waals surface area contributed by atoms with Crippen LogP contribution in [0.2, 0.25) is 0 Å². The maximum Gasteiger partial charge on any atom is 0.184 e. The van der Waals surface area contributed by atoms with Gasteiger partial charge in [0, 0.05) is 6.54 Å². The molecule has 1 aliphatic heterocycles. The fourth-order valence-electron chi connectivity index (χ4n) is 4.93. The van der Waals surface area contributed by atoms with Crippen molar-refractivity contribution >= 4 is 9.84 Å². The largest absolute Gasteiger partial charge is 0.303 e. The van der Waals surface area contributed by atoms with Gasteiger partial charge in [-0.15, -0.1) is 0 Å². The van der Waals surface area contributed by atoms with Crippen molar-refractivity contribution in [1.82, 2.24) is 4.90 Å². The SMILES string of the molecule is O=S(=O)(c1ccccc1)C1(CCCN2CCC(Cc3ccccc3)C2)CCC1. The minimum absolute atomic E-state index is 0.499. The van der Waals surface area contributed by atoms with Gasteiger partial charge in [0.25, 0.3) is 0 Å². The molecule has 1 saturated heterocycles. The molecule has 2 fully saturated rings. The highest BCUT2D eigenvalue weighted by Gasteiger charge is 2.48. The van der Waals surface area contributed by atoms with E-state index in [0.717, 1.165) is 64.1 Å². The fraction of sp³-hybridized carbons (Fsp3) is 0.500. The molecule has 0 N–H and O–H groups in total. The van der Waals surface area contributed by atoms with Crippen molar-refractivity contribution in [2.75, 3.05) is 19.6 Å². The predicted octanol–water partition coefficient (Wildman–Crippen LogP) is 4.73. The van der Waals surface area contributed by atoms with Crippen molar-refractivity contribution in [3.8, 4) is 0 Å². The molecular formula is C24H31NO2S. The summed E-state index contributed by atoms with van der Waals surface area (Å²) in [6.45, 7) is 3.32. The summed E-state index contributed by atoms with van der Waals surface area (Å²) in [4.78, 5) is 3.04. The maximum atomic E-state index is 13.2. The standard InChI is InChI=1S/C24H31NO2S/c26-28(27,23-11-5-2-6-12-23)24(14-7-15-24)16-8-17-25-18-13-22(20-25)19-21-9-3-1-4-10-21/h1-6,9-12,22H,7-8,13-20H2. The average Bonchev–Trinajstić information content (AvgIpc) is 3.12. The number of likely N-dealkylation sites (tertiary alicyclic amines) is 1. The molecule has 1 saturated carbocycles. The fourth-order valence-corrected chi connectivity index (χ4v) is 7.18. The second kappa shape index (κ2) is 8.38. The van der Waals surface area contributed by atoms with Crippen LogP contribution in [0.4, 0.5) is 0 Å². The van der Waals surface area contributed by atoms with Crippen LogP contribution < -0.4 is 0 Å².